The van der Waals surface area contributed by atoms with Gasteiger partial charge in [0.2, 0.25) is 5.76 Å². The Kier molecular flexibility index (Phi) is 8.55. The molecule has 6 aliphatic rings. The van der Waals surface area contributed by atoms with Gasteiger partial charge in [0.1, 0.15) is 4.90 Å². The van der Waals surface area contributed by atoms with E-state index in [4.69, 9.17) is 9.26 Å². The van der Waals surface area contributed by atoms with Crippen molar-refractivity contribution in [1.29, 1.82) is 0 Å². The van der Waals surface area contributed by atoms with Gasteiger partial charge in [-0.2, -0.15) is 0 Å². The topological polar surface area (TPSA) is 76.4 Å². The molecule has 5 saturated carbocycles. The van der Waals surface area contributed by atoms with Gasteiger partial charge in [-0.15, -0.1) is 24.2 Å². The van der Waals surface area contributed by atoms with Gasteiger partial charge in [-0.05, 0) is 112 Å². The minimum atomic E-state index is -0.0761. The number of aromatic nitrogens is 1. The summed E-state index contributed by atoms with van der Waals surface area (Å²) < 4.78 is 11.9. The van der Waals surface area contributed by atoms with E-state index in [1.54, 1.807) is 11.8 Å². The molecule has 196 valence electrons. The predicted octanol–water partition coefficient (Wildman–Crippen LogP) is 5.70. The van der Waals surface area contributed by atoms with Crippen LogP contribution in [0.4, 0.5) is 0 Å². The highest BCUT2D eigenvalue weighted by molar-refractivity contribution is 7.99. The lowest BCUT2D eigenvalue weighted by molar-refractivity contribution is -0.0124. The molecule has 0 radical (unpaired) electrons. The van der Waals surface area contributed by atoms with Gasteiger partial charge in [0.05, 0.1) is 6.61 Å². The zero-order valence-electron chi connectivity index (χ0n) is 20.8. The number of hydrogen-bond acceptors (Lipinski definition) is 6. The molecule has 2 heterocycles. The van der Waals surface area contributed by atoms with Crippen molar-refractivity contribution in [3.8, 4) is 5.88 Å². The lowest BCUT2D eigenvalue weighted by Gasteiger charge is -2.54. The third-order valence-corrected chi connectivity index (χ3v) is 10.7. The Morgan fingerprint density at radius 3 is 2.34 bits per heavy atom. The van der Waals surface area contributed by atoms with E-state index >= 15 is 0 Å². The van der Waals surface area contributed by atoms with Crippen LogP contribution < -0.4 is 15.4 Å². The van der Waals surface area contributed by atoms with Gasteiger partial charge in [0.25, 0.3) is 11.8 Å². The molecular formula is C27H42ClN3O3S. The fraction of sp³-hybridized carbons (Fsp3) is 0.852. The van der Waals surface area contributed by atoms with E-state index in [9.17, 15) is 4.79 Å². The van der Waals surface area contributed by atoms with E-state index in [-0.39, 0.29) is 18.3 Å². The van der Waals surface area contributed by atoms with Crippen LogP contribution in [0.1, 0.15) is 87.6 Å². The lowest BCUT2D eigenvalue weighted by Crippen LogP contribution is -2.55. The van der Waals surface area contributed by atoms with E-state index in [1.807, 2.05) is 0 Å². The molecule has 35 heavy (non-hydrogen) atoms. The van der Waals surface area contributed by atoms with Crippen LogP contribution in [0.15, 0.2) is 9.42 Å². The van der Waals surface area contributed by atoms with Gasteiger partial charge in [-0.3, -0.25) is 4.79 Å². The summed E-state index contributed by atoms with van der Waals surface area (Å²) in [7, 11) is 0. The fourth-order valence-electron chi connectivity index (χ4n) is 7.81. The molecule has 0 atom stereocenters. The number of ether oxygens (including phenoxy) is 1. The number of rotatable bonds is 8. The molecule has 0 spiro atoms. The summed E-state index contributed by atoms with van der Waals surface area (Å²) in [6, 6.07) is 0.306. The quantitative estimate of drug-likeness (QED) is 0.425. The van der Waals surface area contributed by atoms with Crippen LogP contribution >= 0.6 is 24.2 Å². The van der Waals surface area contributed by atoms with Crippen molar-refractivity contribution in [2.75, 3.05) is 25.4 Å². The number of carbonyl (C=O) groups excluding carboxylic acids is 1. The molecular weight excluding hydrogens is 482 g/mol. The Morgan fingerprint density at radius 2 is 1.66 bits per heavy atom. The first kappa shape index (κ1) is 25.7. The fourth-order valence-corrected chi connectivity index (χ4v) is 9.03. The molecule has 1 aromatic rings. The highest BCUT2D eigenvalue weighted by Gasteiger charge is 2.49. The minimum absolute atomic E-state index is 0. The molecule has 7 rings (SSSR count). The van der Waals surface area contributed by atoms with Crippen molar-refractivity contribution in [2.45, 2.75) is 88.0 Å². The molecule has 0 unspecified atom stereocenters. The molecule has 5 aliphatic carbocycles. The number of amides is 1. The van der Waals surface area contributed by atoms with Crippen molar-refractivity contribution >= 4 is 30.1 Å². The minimum Gasteiger partial charge on any atom is -0.474 e. The van der Waals surface area contributed by atoms with Crippen LogP contribution in [0.25, 0.3) is 0 Å². The van der Waals surface area contributed by atoms with Gasteiger partial charge in [-0.1, -0.05) is 19.3 Å². The van der Waals surface area contributed by atoms with Gasteiger partial charge in [-0.25, -0.2) is 0 Å². The zero-order chi connectivity index (χ0) is 22.9. The molecule has 6 fully saturated rings. The number of carbonyl (C=O) groups is 1. The summed E-state index contributed by atoms with van der Waals surface area (Å²) in [5, 5.41) is 11.1. The first-order valence-electron chi connectivity index (χ1n) is 14.0. The van der Waals surface area contributed by atoms with Gasteiger partial charge in [0.15, 0.2) is 0 Å². The monoisotopic (exact) mass is 523 g/mol. The third-order valence-electron chi connectivity index (χ3n) is 9.45. The number of hydrogen-bond donors (Lipinski definition) is 2. The van der Waals surface area contributed by atoms with E-state index in [0.29, 0.717) is 48.0 Å². The normalized spacial score (nSPS) is 32.9. The van der Waals surface area contributed by atoms with Crippen LogP contribution in [-0.2, 0) is 0 Å². The Morgan fingerprint density at radius 1 is 0.971 bits per heavy atom. The molecule has 2 N–H and O–H groups in total. The number of nitrogens with zero attached hydrogens (tertiary/aromatic N) is 1. The molecule has 1 amide bonds. The SMILES string of the molecule is Cl.O=C(NC1C2CC3CC(C2)CC1C3)c1onc(OCC2CCNCC2)c1SCC1CCCCC1. The lowest BCUT2D eigenvalue weighted by atomic mass is 9.54. The summed E-state index contributed by atoms with van der Waals surface area (Å²) in [6.45, 7) is 2.76. The second-order valence-electron chi connectivity index (χ2n) is 11.9. The summed E-state index contributed by atoms with van der Waals surface area (Å²) in [5.41, 5.74) is 0. The highest BCUT2D eigenvalue weighted by Crippen LogP contribution is 2.53. The van der Waals surface area contributed by atoms with Crippen molar-refractivity contribution in [1.82, 2.24) is 15.8 Å². The summed E-state index contributed by atoms with van der Waals surface area (Å²) in [4.78, 5) is 14.3. The maximum absolute atomic E-state index is 13.5. The predicted molar refractivity (Wildman–Crippen MR) is 140 cm³/mol. The summed E-state index contributed by atoms with van der Waals surface area (Å²) in [5.74, 6) is 6.22. The average Bonchev–Trinajstić information content (AvgIpc) is 3.27. The number of piperidine rings is 1. The van der Waals surface area contributed by atoms with Gasteiger partial charge >= 0.3 is 0 Å². The Hall–Kier alpha value is -0.920. The Labute approximate surface area is 220 Å². The second kappa shape index (κ2) is 11.6. The molecule has 6 nitrogen and oxygen atoms in total. The van der Waals surface area contributed by atoms with E-state index in [1.165, 1.54) is 64.2 Å². The maximum Gasteiger partial charge on any atom is 0.291 e. The average molecular weight is 524 g/mol. The van der Waals surface area contributed by atoms with Gasteiger partial charge < -0.3 is 19.9 Å². The third kappa shape index (κ3) is 5.82. The molecule has 4 bridgehead atoms. The van der Waals surface area contributed by atoms with E-state index in [0.717, 1.165) is 48.4 Å². The van der Waals surface area contributed by atoms with Crippen LogP contribution in [0.5, 0.6) is 5.88 Å². The first-order chi connectivity index (χ1) is 16.7. The smallest absolute Gasteiger partial charge is 0.291 e. The highest BCUT2D eigenvalue weighted by atomic mass is 35.5. The van der Waals surface area contributed by atoms with Crippen LogP contribution in [0.2, 0.25) is 0 Å². The van der Waals surface area contributed by atoms with Crippen LogP contribution in [0.3, 0.4) is 0 Å². The Bertz CT molecular complexity index is 825. The molecule has 1 aromatic heterocycles. The molecule has 0 aromatic carbocycles. The van der Waals surface area contributed by atoms with Crippen molar-refractivity contribution in [3.63, 3.8) is 0 Å². The molecule has 1 saturated heterocycles. The van der Waals surface area contributed by atoms with E-state index in [2.05, 4.69) is 15.8 Å². The van der Waals surface area contributed by atoms with Gasteiger partial charge in [0, 0.05) is 11.8 Å². The largest absolute Gasteiger partial charge is 0.474 e. The van der Waals surface area contributed by atoms with Crippen LogP contribution in [-0.4, -0.2) is 42.6 Å². The Balaban J connectivity index is 0.00000253. The first-order valence-corrected chi connectivity index (χ1v) is 15.0. The number of nitrogens with one attached hydrogen (secondary N) is 2. The zero-order valence-corrected chi connectivity index (χ0v) is 22.5. The maximum atomic E-state index is 13.5. The summed E-state index contributed by atoms with van der Waals surface area (Å²) >= 11 is 1.74. The van der Waals surface area contributed by atoms with Crippen LogP contribution in [0, 0.1) is 35.5 Å². The van der Waals surface area contributed by atoms with Crippen molar-refractivity contribution in [2.24, 2.45) is 35.5 Å². The summed E-state index contributed by atoms with van der Waals surface area (Å²) in [6.07, 6.45) is 15.5. The van der Waals surface area contributed by atoms with E-state index < -0.39 is 0 Å². The molecule has 1 aliphatic heterocycles. The van der Waals surface area contributed by atoms with Crippen molar-refractivity contribution < 1.29 is 14.1 Å². The standard InChI is InChI=1S/C27H41N3O3S.ClH/c31-26(29-23-21-11-19-10-20(13-21)14-22(23)12-19)24-25(34-16-18-4-2-1-3-5-18)27(30-33-24)32-15-17-6-8-28-9-7-17;/h17-23,28H,1-16H2,(H,29,31);1H. The number of thioether (sulfide) groups is 1. The molecule has 8 heteroatoms. The number of halogens is 1. The van der Waals surface area contributed by atoms with Crippen molar-refractivity contribution in [3.05, 3.63) is 5.76 Å². The second-order valence-corrected chi connectivity index (χ2v) is 12.9.